The van der Waals surface area contributed by atoms with Crippen LogP contribution in [0, 0.1) is 0 Å². The lowest BCUT2D eigenvalue weighted by molar-refractivity contribution is -0.122. The molecule has 0 saturated heterocycles. The van der Waals surface area contributed by atoms with Crippen LogP contribution < -0.4 is 10.6 Å². The van der Waals surface area contributed by atoms with Crippen LogP contribution >= 0.6 is 0 Å². The molecular formula is C24H38N4O5. The highest BCUT2D eigenvalue weighted by Gasteiger charge is 2.02. The molecular weight excluding hydrogens is 424 g/mol. The molecule has 9 heteroatoms. The zero-order chi connectivity index (χ0) is 23.4. The summed E-state index contributed by atoms with van der Waals surface area (Å²) < 4.78 is 20.4. The second-order valence-electron chi connectivity index (χ2n) is 7.59. The number of rotatable bonds is 20. The smallest absolute Gasteiger partial charge is 0.221 e. The molecule has 0 aliphatic carbocycles. The van der Waals surface area contributed by atoms with Gasteiger partial charge < -0.3 is 34.0 Å². The molecule has 0 atom stereocenters. The minimum absolute atomic E-state index is 0.0576. The summed E-state index contributed by atoms with van der Waals surface area (Å²) in [5.74, 6) is 0.115. The molecule has 0 aliphatic rings. The normalized spacial score (nSPS) is 10.9. The predicted molar refractivity (Wildman–Crippen MR) is 126 cm³/mol. The fourth-order valence-electron chi connectivity index (χ4n) is 3.02. The van der Waals surface area contributed by atoms with Crippen molar-refractivity contribution in [2.24, 2.45) is 0 Å². The highest BCUT2D eigenvalue weighted by Crippen LogP contribution is 1.94. The van der Waals surface area contributed by atoms with Crippen LogP contribution in [0.1, 0.15) is 25.7 Å². The quantitative estimate of drug-likeness (QED) is 0.293. The van der Waals surface area contributed by atoms with Crippen LogP contribution in [0.3, 0.4) is 0 Å². The molecule has 0 aromatic carbocycles. The first kappa shape index (κ1) is 26.6. The second-order valence-corrected chi connectivity index (χ2v) is 7.59. The Balaban J connectivity index is 1.24. The Morgan fingerprint density at radius 3 is 1.33 bits per heavy atom. The molecule has 0 aliphatic heterocycles. The third-order valence-electron chi connectivity index (χ3n) is 4.85. The first-order valence-electron chi connectivity index (χ1n) is 11.7. The van der Waals surface area contributed by atoms with E-state index in [2.05, 4.69) is 10.6 Å². The molecule has 9 nitrogen and oxygen atoms in total. The van der Waals surface area contributed by atoms with Gasteiger partial charge in [0.2, 0.25) is 11.8 Å². The molecule has 33 heavy (non-hydrogen) atoms. The third-order valence-corrected chi connectivity index (χ3v) is 4.85. The molecule has 2 heterocycles. The first-order valence-corrected chi connectivity index (χ1v) is 11.7. The summed E-state index contributed by atoms with van der Waals surface area (Å²) in [5.41, 5.74) is 0. The van der Waals surface area contributed by atoms with Gasteiger partial charge >= 0.3 is 0 Å². The van der Waals surface area contributed by atoms with Gasteiger partial charge in [0.25, 0.3) is 0 Å². The number of ether oxygens (including phenoxy) is 3. The number of aromatic nitrogens is 2. The first-order chi connectivity index (χ1) is 16.2. The van der Waals surface area contributed by atoms with Crippen LogP contribution in [0.2, 0.25) is 0 Å². The highest BCUT2D eigenvalue weighted by atomic mass is 16.5. The lowest BCUT2D eigenvalue weighted by atomic mass is 10.3. The fourth-order valence-corrected chi connectivity index (χ4v) is 3.02. The van der Waals surface area contributed by atoms with E-state index in [-0.39, 0.29) is 11.8 Å². The fraction of sp³-hybridized carbons (Fsp3) is 0.583. The van der Waals surface area contributed by atoms with Gasteiger partial charge in [0, 0.05) is 77.0 Å². The van der Waals surface area contributed by atoms with E-state index in [1.54, 1.807) is 0 Å². The predicted octanol–water partition coefficient (Wildman–Crippen LogP) is 1.83. The maximum atomic E-state index is 11.7. The van der Waals surface area contributed by atoms with E-state index >= 15 is 0 Å². The number of aryl methyl sites for hydroxylation is 2. The number of hydrogen-bond acceptors (Lipinski definition) is 5. The molecule has 2 aromatic rings. The molecule has 0 saturated carbocycles. The molecule has 2 rings (SSSR count). The summed E-state index contributed by atoms with van der Waals surface area (Å²) >= 11 is 0. The molecule has 0 spiro atoms. The van der Waals surface area contributed by atoms with Crippen molar-refractivity contribution >= 4 is 11.8 Å². The zero-order valence-electron chi connectivity index (χ0n) is 19.5. The van der Waals surface area contributed by atoms with Gasteiger partial charge in [0.05, 0.1) is 26.4 Å². The van der Waals surface area contributed by atoms with E-state index in [4.69, 9.17) is 14.2 Å². The Morgan fingerprint density at radius 2 is 0.939 bits per heavy atom. The van der Waals surface area contributed by atoms with E-state index in [0.29, 0.717) is 78.7 Å². The van der Waals surface area contributed by atoms with Crippen molar-refractivity contribution in [1.82, 2.24) is 19.8 Å². The Morgan fingerprint density at radius 1 is 0.576 bits per heavy atom. The SMILES string of the molecule is O=C(CCn1cccc1)NCCCOCCOCCOCCCNC(=O)CCn1cccc1. The summed E-state index contributed by atoms with van der Waals surface area (Å²) in [5, 5.41) is 5.80. The zero-order valence-corrected chi connectivity index (χ0v) is 19.5. The van der Waals surface area contributed by atoms with Crippen LogP contribution in [0.5, 0.6) is 0 Å². The molecule has 2 N–H and O–H groups in total. The van der Waals surface area contributed by atoms with Crippen LogP contribution in [0.25, 0.3) is 0 Å². The minimum Gasteiger partial charge on any atom is -0.379 e. The highest BCUT2D eigenvalue weighted by molar-refractivity contribution is 5.76. The molecule has 184 valence electrons. The van der Waals surface area contributed by atoms with E-state index in [1.165, 1.54) is 0 Å². The van der Waals surface area contributed by atoms with Crippen molar-refractivity contribution < 1.29 is 23.8 Å². The van der Waals surface area contributed by atoms with Gasteiger partial charge in [-0.2, -0.15) is 0 Å². The molecule has 2 amide bonds. The summed E-state index contributed by atoms with van der Waals surface area (Å²) in [7, 11) is 0. The van der Waals surface area contributed by atoms with Crippen LogP contribution in [-0.4, -0.2) is 73.7 Å². The lowest BCUT2D eigenvalue weighted by Gasteiger charge is -2.08. The summed E-state index contributed by atoms with van der Waals surface area (Å²) in [6.07, 6.45) is 10.3. The van der Waals surface area contributed by atoms with Crippen molar-refractivity contribution in [1.29, 1.82) is 0 Å². The molecule has 0 radical (unpaired) electrons. The maximum Gasteiger partial charge on any atom is 0.221 e. The van der Waals surface area contributed by atoms with Crippen molar-refractivity contribution in [3.63, 3.8) is 0 Å². The Hall–Kier alpha value is -2.62. The third kappa shape index (κ3) is 14.2. The van der Waals surface area contributed by atoms with Gasteiger partial charge in [-0.15, -0.1) is 0 Å². The number of carbonyl (C=O) groups excluding carboxylic acids is 2. The number of carbonyl (C=O) groups is 2. The van der Waals surface area contributed by atoms with Gasteiger partial charge in [-0.3, -0.25) is 9.59 Å². The minimum atomic E-state index is 0.0576. The van der Waals surface area contributed by atoms with E-state index in [0.717, 1.165) is 12.8 Å². The number of nitrogens with zero attached hydrogens (tertiary/aromatic N) is 2. The van der Waals surface area contributed by atoms with Gasteiger partial charge in [0.1, 0.15) is 0 Å². The largest absolute Gasteiger partial charge is 0.379 e. The number of nitrogens with one attached hydrogen (secondary N) is 2. The second kappa shape index (κ2) is 17.9. The summed E-state index contributed by atoms with van der Waals surface area (Å²) in [4.78, 5) is 23.5. The topological polar surface area (TPSA) is 95.8 Å². The van der Waals surface area contributed by atoms with Crippen molar-refractivity contribution in [2.75, 3.05) is 52.7 Å². The molecule has 0 unspecified atom stereocenters. The molecule has 2 aromatic heterocycles. The monoisotopic (exact) mass is 462 g/mol. The van der Waals surface area contributed by atoms with Crippen molar-refractivity contribution in [3.05, 3.63) is 49.1 Å². The standard InChI is InChI=1S/C24H38N4O5/c29-23(7-15-27-11-1-2-12-27)25-9-5-17-31-19-21-33-22-20-32-18-6-10-26-24(30)8-16-28-13-3-4-14-28/h1-4,11-14H,5-10,15-22H2,(H,25,29)(H,26,30). The Labute approximate surface area is 196 Å². The lowest BCUT2D eigenvalue weighted by Crippen LogP contribution is -2.26. The van der Waals surface area contributed by atoms with Gasteiger partial charge in [-0.05, 0) is 37.1 Å². The van der Waals surface area contributed by atoms with E-state index in [9.17, 15) is 9.59 Å². The van der Waals surface area contributed by atoms with Crippen LogP contribution in [0.4, 0.5) is 0 Å². The average molecular weight is 463 g/mol. The Bertz CT molecular complexity index is 672. The Kier molecular flexibility index (Phi) is 14.4. The van der Waals surface area contributed by atoms with Crippen LogP contribution in [-0.2, 0) is 36.9 Å². The van der Waals surface area contributed by atoms with Crippen LogP contribution in [0.15, 0.2) is 49.1 Å². The van der Waals surface area contributed by atoms with Gasteiger partial charge in [-0.25, -0.2) is 0 Å². The van der Waals surface area contributed by atoms with Crippen molar-refractivity contribution in [2.45, 2.75) is 38.8 Å². The number of amides is 2. The molecule has 0 bridgehead atoms. The molecule has 0 fully saturated rings. The van der Waals surface area contributed by atoms with Gasteiger partial charge in [0.15, 0.2) is 0 Å². The summed E-state index contributed by atoms with van der Waals surface area (Å²) in [6.45, 7) is 5.90. The summed E-state index contributed by atoms with van der Waals surface area (Å²) in [6, 6.07) is 7.79. The average Bonchev–Trinajstić information content (AvgIpc) is 3.53. The number of hydrogen-bond donors (Lipinski definition) is 2. The van der Waals surface area contributed by atoms with Crippen molar-refractivity contribution in [3.8, 4) is 0 Å². The van der Waals surface area contributed by atoms with Gasteiger partial charge in [-0.1, -0.05) is 0 Å². The van der Waals surface area contributed by atoms with E-state index in [1.807, 2.05) is 58.2 Å². The van der Waals surface area contributed by atoms with E-state index < -0.39 is 0 Å². The maximum absolute atomic E-state index is 11.7.